The Morgan fingerprint density at radius 1 is 0.357 bits per heavy atom. The molecule has 0 bridgehead atoms. The summed E-state index contributed by atoms with van der Waals surface area (Å²) in [5, 5.41) is 5.33. The van der Waals surface area contributed by atoms with Gasteiger partial charge in [0.25, 0.3) is 0 Å². The van der Waals surface area contributed by atoms with Gasteiger partial charge in [-0.2, -0.15) is 0 Å². The molecule has 0 atom stereocenters. The Bertz CT molecular complexity index is 2490. The quantitative estimate of drug-likeness (QED) is 0.160. The minimum Gasteiger partial charge on any atom is -0.0622 e. The predicted molar refractivity (Wildman–Crippen MR) is 244 cm³/mol. The molecule has 8 aromatic carbocycles. The van der Waals surface area contributed by atoms with Gasteiger partial charge >= 0.3 is 0 Å². The molecule has 0 aliphatic carbocycles. The summed E-state index contributed by atoms with van der Waals surface area (Å²) in [5.41, 5.74) is 15.2. The third kappa shape index (κ3) is 9.21. The van der Waals surface area contributed by atoms with Crippen molar-refractivity contribution >= 4 is 21.5 Å². The van der Waals surface area contributed by atoms with Crippen molar-refractivity contribution in [1.82, 2.24) is 0 Å². The zero-order valence-corrected chi connectivity index (χ0v) is 35.0. The van der Waals surface area contributed by atoms with Crippen LogP contribution in [0.15, 0.2) is 176 Å². The number of hydrogen-bond acceptors (Lipinski definition) is 0. The monoisotopic (exact) mass is 730 g/mol. The Morgan fingerprint density at radius 2 is 0.875 bits per heavy atom. The SMILES string of the molecule is Cc1cc(C)c(Cc2ccccc2)c(C)c1.Cc1ccc(C(C)(C)c2ccc3ccccc3c2)cc1.Cc1ccc(C(C)(C)c2ccccc2)c2ccccc12. The lowest BCUT2D eigenvalue weighted by Gasteiger charge is -2.28. The van der Waals surface area contributed by atoms with Gasteiger partial charge in [-0.1, -0.05) is 215 Å². The topological polar surface area (TPSA) is 0 Å². The van der Waals surface area contributed by atoms with E-state index in [0.717, 1.165) is 6.42 Å². The lowest BCUT2D eigenvalue weighted by Crippen LogP contribution is -2.19. The summed E-state index contributed by atoms with van der Waals surface area (Å²) in [4.78, 5) is 0. The Kier molecular flexibility index (Phi) is 12.4. The molecule has 0 unspecified atom stereocenters. The fourth-order valence-electron chi connectivity index (χ4n) is 8.01. The van der Waals surface area contributed by atoms with Gasteiger partial charge in [-0.05, 0) is 113 Å². The van der Waals surface area contributed by atoms with Crippen LogP contribution in [0.1, 0.15) is 88.9 Å². The van der Waals surface area contributed by atoms with Gasteiger partial charge in [0.05, 0.1) is 0 Å². The molecule has 8 rings (SSSR count). The van der Waals surface area contributed by atoms with Gasteiger partial charge in [-0.15, -0.1) is 0 Å². The molecule has 8 aromatic rings. The Labute approximate surface area is 336 Å². The van der Waals surface area contributed by atoms with Crippen molar-refractivity contribution in [2.75, 3.05) is 0 Å². The van der Waals surface area contributed by atoms with Crippen molar-refractivity contribution in [3.05, 3.63) is 237 Å². The summed E-state index contributed by atoms with van der Waals surface area (Å²) in [7, 11) is 0. The van der Waals surface area contributed by atoms with Crippen molar-refractivity contribution in [2.45, 2.75) is 79.6 Å². The van der Waals surface area contributed by atoms with Gasteiger partial charge in [0.15, 0.2) is 0 Å². The van der Waals surface area contributed by atoms with E-state index in [4.69, 9.17) is 0 Å². The van der Waals surface area contributed by atoms with Crippen molar-refractivity contribution < 1.29 is 0 Å². The third-order valence-corrected chi connectivity index (χ3v) is 11.6. The van der Waals surface area contributed by atoms with E-state index in [1.54, 1.807) is 0 Å². The average Bonchev–Trinajstić information content (AvgIpc) is 3.20. The van der Waals surface area contributed by atoms with Gasteiger partial charge in [0, 0.05) is 10.8 Å². The first-order valence-corrected chi connectivity index (χ1v) is 20.1. The molecule has 0 aromatic heterocycles. The van der Waals surface area contributed by atoms with E-state index in [9.17, 15) is 0 Å². The van der Waals surface area contributed by atoms with E-state index in [2.05, 4.69) is 238 Å². The largest absolute Gasteiger partial charge is 0.0622 e. The Hall–Kier alpha value is -5.72. The third-order valence-electron chi connectivity index (χ3n) is 11.6. The predicted octanol–water partition coefficient (Wildman–Crippen LogP) is 15.2. The summed E-state index contributed by atoms with van der Waals surface area (Å²) in [6.07, 6.45) is 1.04. The maximum absolute atomic E-state index is 2.31. The Balaban J connectivity index is 0.000000144. The molecular weight excluding hydrogens is 673 g/mol. The molecule has 0 radical (unpaired) electrons. The van der Waals surface area contributed by atoms with Crippen LogP contribution in [0.25, 0.3) is 21.5 Å². The van der Waals surface area contributed by atoms with E-state index < -0.39 is 0 Å². The average molecular weight is 731 g/mol. The fourth-order valence-corrected chi connectivity index (χ4v) is 8.01. The first kappa shape index (κ1) is 40.0. The van der Waals surface area contributed by atoms with Crippen LogP contribution in [0.4, 0.5) is 0 Å². The minimum absolute atomic E-state index is 0.00850. The molecule has 282 valence electrons. The van der Waals surface area contributed by atoms with E-state index in [0.29, 0.717) is 0 Å². The van der Waals surface area contributed by atoms with Gasteiger partial charge in [0.2, 0.25) is 0 Å². The van der Waals surface area contributed by atoms with Gasteiger partial charge in [0.1, 0.15) is 0 Å². The van der Waals surface area contributed by atoms with E-state index in [-0.39, 0.29) is 10.8 Å². The number of hydrogen-bond donors (Lipinski definition) is 0. The first-order chi connectivity index (χ1) is 26.8. The Morgan fingerprint density at radius 3 is 1.52 bits per heavy atom. The van der Waals surface area contributed by atoms with Crippen LogP contribution in [-0.4, -0.2) is 0 Å². The highest BCUT2D eigenvalue weighted by Gasteiger charge is 2.25. The summed E-state index contributed by atoms with van der Waals surface area (Å²) in [5.74, 6) is 0. The smallest absolute Gasteiger partial charge is 0.0152 e. The second-order valence-electron chi connectivity index (χ2n) is 16.6. The highest BCUT2D eigenvalue weighted by molar-refractivity contribution is 5.90. The highest BCUT2D eigenvalue weighted by atomic mass is 14.3. The van der Waals surface area contributed by atoms with Crippen molar-refractivity contribution in [2.24, 2.45) is 0 Å². The van der Waals surface area contributed by atoms with Crippen LogP contribution in [0, 0.1) is 34.6 Å². The van der Waals surface area contributed by atoms with Crippen molar-refractivity contribution in [3.63, 3.8) is 0 Å². The number of rotatable bonds is 6. The molecular formula is C56H58. The standard InChI is InChI=1S/2C20H20.C16H18/c1-15-13-14-19(18-12-8-7-11-17(15)18)20(2,3)16-9-5-4-6-10-16;1-15-8-11-18(12-9-15)20(2,3)19-13-10-16-6-4-5-7-17(16)14-19;1-12-9-13(2)16(14(3)10-12)11-15-7-5-4-6-8-15/h2*4-14H,1-3H3;4-10H,11H2,1-3H3. The van der Waals surface area contributed by atoms with Crippen LogP contribution < -0.4 is 0 Å². The second-order valence-corrected chi connectivity index (χ2v) is 16.6. The lowest BCUT2D eigenvalue weighted by molar-refractivity contribution is 0.641. The van der Waals surface area contributed by atoms with Crippen LogP contribution in [-0.2, 0) is 17.3 Å². The molecule has 0 saturated heterocycles. The van der Waals surface area contributed by atoms with E-state index in [1.807, 2.05) is 0 Å². The van der Waals surface area contributed by atoms with Gasteiger partial charge in [-0.25, -0.2) is 0 Å². The molecule has 0 heterocycles. The molecule has 56 heavy (non-hydrogen) atoms. The molecule has 0 saturated carbocycles. The summed E-state index contributed by atoms with van der Waals surface area (Å²) >= 11 is 0. The maximum atomic E-state index is 2.31. The van der Waals surface area contributed by atoms with Crippen LogP contribution >= 0.6 is 0 Å². The summed E-state index contributed by atoms with van der Waals surface area (Å²) in [6, 6.07) is 63.4. The van der Waals surface area contributed by atoms with E-state index >= 15 is 0 Å². The molecule has 0 spiro atoms. The van der Waals surface area contributed by atoms with Crippen LogP contribution in [0.3, 0.4) is 0 Å². The molecule has 0 aliphatic heterocycles. The number of fused-ring (bicyclic) bond motifs is 2. The molecule has 0 heteroatoms. The van der Waals surface area contributed by atoms with E-state index in [1.165, 1.54) is 82.7 Å². The molecule has 0 amide bonds. The zero-order valence-electron chi connectivity index (χ0n) is 35.0. The normalized spacial score (nSPS) is 11.4. The zero-order chi connectivity index (χ0) is 39.9. The van der Waals surface area contributed by atoms with Gasteiger partial charge < -0.3 is 0 Å². The van der Waals surface area contributed by atoms with Crippen molar-refractivity contribution in [1.29, 1.82) is 0 Å². The van der Waals surface area contributed by atoms with Gasteiger partial charge in [-0.3, -0.25) is 0 Å². The highest BCUT2D eigenvalue weighted by Crippen LogP contribution is 2.37. The molecule has 0 aliphatic rings. The van der Waals surface area contributed by atoms with Crippen LogP contribution in [0.5, 0.6) is 0 Å². The fraction of sp³-hybridized carbons (Fsp3) is 0.214. The minimum atomic E-state index is 0.00850. The molecule has 0 N–H and O–H groups in total. The maximum Gasteiger partial charge on any atom is 0.0152 e. The van der Waals surface area contributed by atoms with Crippen LogP contribution in [0.2, 0.25) is 0 Å². The number of benzene rings is 8. The number of aryl methyl sites for hydroxylation is 5. The first-order valence-electron chi connectivity index (χ1n) is 20.1. The van der Waals surface area contributed by atoms with Crippen molar-refractivity contribution in [3.8, 4) is 0 Å². The summed E-state index contributed by atoms with van der Waals surface area (Å²) < 4.78 is 0. The summed E-state index contributed by atoms with van der Waals surface area (Å²) in [6.45, 7) is 20.1. The molecule has 0 nitrogen and oxygen atoms in total. The second kappa shape index (κ2) is 17.4. The molecule has 0 fully saturated rings. The lowest BCUT2D eigenvalue weighted by atomic mass is 9.76.